The summed E-state index contributed by atoms with van der Waals surface area (Å²) in [4.78, 5) is 2.43. The van der Waals surface area contributed by atoms with E-state index in [0.717, 1.165) is 28.8 Å². The normalized spacial score (nSPS) is 16.5. The largest absolute Gasteiger partial charge is 0.493 e. The highest BCUT2D eigenvalue weighted by Gasteiger charge is 2.28. The summed E-state index contributed by atoms with van der Waals surface area (Å²) in [5.74, 6) is 1.41. The predicted molar refractivity (Wildman–Crippen MR) is 101 cm³/mol. The van der Waals surface area contributed by atoms with Crippen LogP contribution >= 0.6 is 0 Å². The van der Waals surface area contributed by atoms with E-state index < -0.39 is 10.0 Å². The van der Waals surface area contributed by atoms with Crippen molar-refractivity contribution < 1.29 is 17.9 Å². The van der Waals surface area contributed by atoms with E-state index in [9.17, 15) is 8.42 Å². The summed E-state index contributed by atoms with van der Waals surface area (Å²) >= 11 is 0. The number of primary sulfonamides is 1. The lowest BCUT2D eigenvalue weighted by Gasteiger charge is -2.26. The number of aryl methyl sites for hydroxylation is 1. The first kappa shape index (κ1) is 18.5. The lowest BCUT2D eigenvalue weighted by atomic mass is 10.1. The summed E-state index contributed by atoms with van der Waals surface area (Å²) in [7, 11) is -0.442. The topological polar surface area (TPSA) is 81.9 Å². The van der Waals surface area contributed by atoms with Crippen LogP contribution in [0.4, 0.5) is 5.69 Å². The molecular weight excluding hydrogens is 352 g/mol. The van der Waals surface area contributed by atoms with Gasteiger partial charge in [0.25, 0.3) is 0 Å². The summed E-state index contributed by atoms with van der Waals surface area (Å²) in [6.45, 7) is 4.88. The molecule has 0 aliphatic carbocycles. The number of nitrogens with two attached hydrogens (primary N) is 1. The van der Waals surface area contributed by atoms with E-state index in [0.29, 0.717) is 18.0 Å². The van der Waals surface area contributed by atoms with E-state index in [4.69, 9.17) is 14.6 Å². The molecule has 7 heteroatoms. The Labute approximate surface area is 154 Å². The Morgan fingerprint density at radius 2 is 1.81 bits per heavy atom. The molecule has 0 saturated carbocycles. The molecule has 0 aromatic heterocycles. The number of rotatable bonds is 5. The van der Waals surface area contributed by atoms with Crippen LogP contribution in [0.1, 0.15) is 23.6 Å². The Balaban J connectivity index is 1.95. The predicted octanol–water partition coefficient (Wildman–Crippen LogP) is 2.61. The lowest BCUT2D eigenvalue weighted by molar-refractivity contribution is 0.354. The minimum absolute atomic E-state index is 0.160. The maximum absolute atomic E-state index is 11.6. The zero-order chi connectivity index (χ0) is 19.1. The number of nitrogens with zero attached hydrogens (tertiary/aromatic N) is 1. The molecule has 0 amide bonds. The number of hydrogen-bond acceptors (Lipinski definition) is 5. The third-order valence-electron chi connectivity index (χ3n) is 4.92. The third kappa shape index (κ3) is 3.37. The van der Waals surface area contributed by atoms with Crippen molar-refractivity contribution in [2.75, 3.05) is 19.1 Å². The molecule has 1 atom stereocenters. The van der Waals surface area contributed by atoms with Crippen LogP contribution in [-0.4, -0.2) is 28.7 Å². The zero-order valence-corrected chi connectivity index (χ0v) is 16.3. The van der Waals surface area contributed by atoms with Gasteiger partial charge in [-0.3, -0.25) is 0 Å². The van der Waals surface area contributed by atoms with Gasteiger partial charge < -0.3 is 14.4 Å². The van der Waals surface area contributed by atoms with Crippen LogP contribution in [0.2, 0.25) is 0 Å². The molecule has 6 nitrogen and oxygen atoms in total. The van der Waals surface area contributed by atoms with Crippen LogP contribution < -0.4 is 19.5 Å². The summed E-state index contributed by atoms with van der Waals surface area (Å²) in [5, 5.41) is 5.26. The van der Waals surface area contributed by atoms with E-state index in [1.807, 2.05) is 25.1 Å². The number of sulfonamides is 1. The highest BCUT2D eigenvalue weighted by Crippen LogP contribution is 2.37. The van der Waals surface area contributed by atoms with Crippen molar-refractivity contribution in [1.82, 2.24) is 0 Å². The average molecular weight is 376 g/mol. The molecule has 26 heavy (non-hydrogen) atoms. The van der Waals surface area contributed by atoms with Gasteiger partial charge in [-0.05, 0) is 67.3 Å². The van der Waals surface area contributed by atoms with Crippen LogP contribution in [0.3, 0.4) is 0 Å². The fraction of sp³-hybridized carbons (Fsp3) is 0.368. The van der Waals surface area contributed by atoms with Crippen molar-refractivity contribution >= 4 is 15.7 Å². The van der Waals surface area contributed by atoms with Gasteiger partial charge in [0.15, 0.2) is 11.5 Å². The number of ether oxygens (including phenoxy) is 2. The second kappa shape index (κ2) is 6.81. The molecule has 1 heterocycles. The first-order chi connectivity index (χ1) is 12.2. The molecule has 3 rings (SSSR count). The number of benzene rings is 2. The van der Waals surface area contributed by atoms with Crippen LogP contribution in [0.15, 0.2) is 35.2 Å². The number of hydrogen-bond donors (Lipinski definition) is 1. The SMILES string of the molecule is COc1cc(C)c(CN2c3ccc(S(N)(=O)=O)cc3C[C@@H]2C)cc1OC. The number of anilines is 1. The van der Waals surface area contributed by atoms with Crippen LogP contribution in [0, 0.1) is 6.92 Å². The molecule has 2 N–H and O–H groups in total. The maximum Gasteiger partial charge on any atom is 0.238 e. The fourth-order valence-electron chi connectivity index (χ4n) is 3.47. The van der Waals surface area contributed by atoms with E-state index in [1.54, 1.807) is 26.4 Å². The van der Waals surface area contributed by atoms with E-state index >= 15 is 0 Å². The number of fused-ring (bicyclic) bond motifs is 1. The second-order valence-corrected chi connectivity index (χ2v) is 8.21. The van der Waals surface area contributed by atoms with E-state index in [1.165, 1.54) is 0 Å². The Bertz CT molecular complexity index is 941. The molecule has 1 aliphatic rings. The van der Waals surface area contributed by atoms with Gasteiger partial charge >= 0.3 is 0 Å². The molecule has 0 spiro atoms. The van der Waals surface area contributed by atoms with E-state index in [-0.39, 0.29) is 10.9 Å². The quantitative estimate of drug-likeness (QED) is 0.867. The molecule has 1 aliphatic heterocycles. The van der Waals surface area contributed by atoms with Crippen molar-refractivity contribution in [2.45, 2.75) is 37.8 Å². The van der Waals surface area contributed by atoms with Gasteiger partial charge in [0.05, 0.1) is 19.1 Å². The van der Waals surface area contributed by atoms with Crippen LogP contribution in [0.5, 0.6) is 11.5 Å². The Morgan fingerprint density at radius 3 is 2.42 bits per heavy atom. The summed E-state index contributed by atoms with van der Waals surface area (Å²) in [5.41, 5.74) is 4.29. The molecule has 0 radical (unpaired) electrons. The van der Waals surface area contributed by atoms with Gasteiger partial charge in [0.2, 0.25) is 10.0 Å². The highest BCUT2D eigenvalue weighted by molar-refractivity contribution is 7.89. The zero-order valence-electron chi connectivity index (χ0n) is 15.4. The van der Waals surface area contributed by atoms with Gasteiger partial charge in [-0.15, -0.1) is 0 Å². The third-order valence-corrected chi connectivity index (χ3v) is 5.83. The highest BCUT2D eigenvalue weighted by atomic mass is 32.2. The van der Waals surface area contributed by atoms with Crippen molar-refractivity contribution in [3.8, 4) is 11.5 Å². The molecule has 2 aromatic carbocycles. The fourth-order valence-corrected chi connectivity index (χ4v) is 4.03. The van der Waals surface area contributed by atoms with Gasteiger partial charge in [0, 0.05) is 18.3 Å². The van der Waals surface area contributed by atoms with Crippen LogP contribution in [-0.2, 0) is 23.0 Å². The van der Waals surface area contributed by atoms with Crippen molar-refractivity contribution in [1.29, 1.82) is 0 Å². The van der Waals surface area contributed by atoms with Gasteiger partial charge in [-0.2, -0.15) is 0 Å². The minimum Gasteiger partial charge on any atom is -0.493 e. The lowest BCUT2D eigenvalue weighted by Crippen LogP contribution is -2.28. The molecule has 2 aromatic rings. The second-order valence-electron chi connectivity index (χ2n) is 6.65. The van der Waals surface area contributed by atoms with Gasteiger partial charge in [-0.1, -0.05) is 0 Å². The Hall–Kier alpha value is -2.25. The first-order valence-electron chi connectivity index (χ1n) is 8.38. The molecule has 0 bridgehead atoms. The summed E-state index contributed by atoms with van der Waals surface area (Å²) in [6, 6.07) is 9.32. The summed E-state index contributed by atoms with van der Waals surface area (Å²) in [6.07, 6.45) is 0.783. The molecule has 140 valence electrons. The first-order valence-corrected chi connectivity index (χ1v) is 9.93. The Morgan fingerprint density at radius 1 is 1.15 bits per heavy atom. The monoisotopic (exact) mass is 376 g/mol. The van der Waals surface area contributed by atoms with Crippen molar-refractivity contribution in [2.24, 2.45) is 5.14 Å². The molecule has 0 unspecified atom stereocenters. The van der Waals surface area contributed by atoms with Gasteiger partial charge in [0.1, 0.15) is 0 Å². The smallest absolute Gasteiger partial charge is 0.238 e. The molecule has 0 saturated heterocycles. The summed E-state index contributed by atoms with van der Waals surface area (Å²) < 4.78 is 34.0. The van der Waals surface area contributed by atoms with Crippen molar-refractivity contribution in [3.63, 3.8) is 0 Å². The maximum atomic E-state index is 11.6. The van der Waals surface area contributed by atoms with Crippen molar-refractivity contribution in [3.05, 3.63) is 47.0 Å². The number of methoxy groups -OCH3 is 2. The molecule has 0 fully saturated rings. The van der Waals surface area contributed by atoms with Gasteiger partial charge in [-0.25, -0.2) is 13.6 Å². The Kier molecular flexibility index (Phi) is 4.86. The van der Waals surface area contributed by atoms with E-state index in [2.05, 4.69) is 11.8 Å². The van der Waals surface area contributed by atoms with Crippen LogP contribution in [0.25, 0.3) is 0 Å². The molecular formula is C19H24N2O4S. The minimum atomic E-state index is -3.69. The standard InChI is InChI=1S/C19H24N2O4S/c1-12-7-18(24-3)19(25-4)10-15(12)11-21-13(2)8-14-9-16(26(20,22)23)5-6-17(14)21/h5-7,9-10,13H,8,11H2,1-4H3,(H2,20,22,23)/t13-/m0/s1. The average Bonchev–Trinajstić information content (AvgIpc) is 2.90.